The van der Waals surface area contributed by atoms with Crippen molar-refractivity contribution >= 4 is 5.97 Å². The van der Waals surface area contributed by atoms with Crippen LogP contribution in [0.25, 0.3) is 11.3 Å². The maximum atomic E-state index is 13.7. The molecule has 0 saturated heterocycles. The van der Waals surface area contributed by atoms with Gasteiger partial charge in [0.15, 0.2) is 11.5 Å². The van der Waals surface area contributed by atoms with Crippen LogP contribution in [-0.4, -0.2) is 23.2 Å². The van der Waals surface area contributed by atoms with Gasteiger partial charge in [0.25, 0.3) is 0 Å². The molecule has 0 radical (unpaired) electrons. The Hall–Kier alpha value is -2.30. The topological polar surface area (TPSA) is 62.3 Å². The number of methoxy groups -OCH3 is 1. The highest BCUT2D eigenvalue weighted by molar-refractivity contribution is 5.87. The molecular weight excluding hydrogens is 333 g/mol. The van der Waals surface area contributed by atoms with E-state index in [0.717, 1.165) is 12.8 Å². The van der Waals surface area contributed by atoms with Crippen LogP contribution in [0.2, 0.25) is 0 Å². The number of nitrogens with one attached hydrogen (secondary N) is 1. The van der Waals surface area contributed by atoms with Crippen LogP contribution in [0.1, 0.15) is 67.9 Å². The van der Waals surface area contributed by atoms with Crippen molar-refractivity contribution in [1.29, 1.82) is 0 Å². The summed E-state index contributed by atoms with van der Waals surface area (Å²) in [5.41, 5.74) is 1.79. The molecule has 1 aromatic heterocycles. The lowest BCUT2D eigenvalue weighted by Crippen LogP contribution is -1.99. The maximum absolute atomic E-state index is 13.7. The quantitative estimate of drug-likeness (QED) is 0.496. The van der Waals surface area contributed by atoms with Gasteiger partial charge in [-0.25, -0.2) is 9.18 Å². The molecule has 5 heteroatoms. The van der Waals surface area contributed by atoms with Crippen LogP contribution in [0.3, 0.4) is 0 Å². The number of aromatic nitrogens is 1. The normalized spacial score (nSPS) is 10.9. The third kappa shape index (κ3) is 5.35. The van der Waals surface area contributed by atoms with E-state index in [0.29, 0.717) is 17.0 Å². The number of rotatable bonds is 11. The van der Waals surface area contributed by atoms with Gasteiger partial charge < -0.3 is 14.8 Å². The minimum Gasteiger partial charge on any atom is -0.496 e. The summed E-state index contributed by atoms with van der Waals surface area (Å²) in [5, 5.41) is 8.98. The van der Waals surface area contributed by atoms with E-state index in [2.05, 4.69) is 11.9 Å². The molecule has 0 fully saturated rings. The van der Waals surface area contributed by atoms with Crippen LogP contribution in [0.15, 0.2) is 24.3 Å². The average Bonchev–Trinajstić information content (AvgIpc) is 3.02. The van der Waals surface area contributed by atoms with Crippen molar-refractivity contribution in [3.05, 3.63) is 41.3 Å². The van der Waals surface area contributed by atoms with E-state index in [1.54, 1.807) is 7.11 Å². The zero-order chi connectivity index (χ0) is 18.9. The molecule has 0 amide bonds. The number of H-pyrrole nitrogens is 1. The lowest BCUT2D eigenvalue weighted by atomic mass is 10.0. The number of aromatic carboxylic acids is 1. The molecule has 4 nitrogen and oxygen atoms in total. The number of benzene rings is 1. The van der Waals surface area contributed by atoms with Crippen LogP contribution in [0, 0.1) is 5.82 Å². The predicted molar refractivity (Wildman–Crippen MR) is 101 cm³/mol. The molecule has 2 aromatic rings. The number of carboxylic acid groups (broad SMARTS) is 1. The second kappa shape index (κ2) is 10.00. The Labute approximate surface area is 154 Å². The van der Waals surface area contributed by atoms with Gasteiger partial charge in [-0.2, -0.15) is 0 Å². The smallest absolute Gasteiger partial charge is 0.355 e. The molecule has 0 spiro atoms. The zero-order valence-electron chi connectivity index (χ0n) is 15.6. The Balaban J connectivity index is 1.99. The number of aryl methyl sites for hydroxylation is 1. The number of carbonyl (C=O) groups is 1. The van der Waals surface area contributed by atoms with Crippen molar-refractivity contribution in [1.82, 2.24) is 4.98 Å². The summed E-state index contributed by atoms with van der Waals surface area (Å²) in [4.78, 5) is 13.6. The zero-order valence-corrected chi connectivity index (χ0v) is 15.6. The Morgan fingerprint density at radius 1 is 1.12 bits per heavy atom. The van der Waals surface area contributed by atoms with Crippen molar-refractivity contribution < 1.29 is 19.0 Å². The molecule has 0 aliphatic rings. The number of aromatic amines is 1. The van der Waals surface area contributed by atoms with E-state index in [-0.39, 0.29) is 0 Å². The summed E-state index contributed by atoms with van der Waals surface area (Å²) >= 11 is 0. The van der Waals surface area contributed by atoms with Gasteiger partial charge in [-0.05, 0) is 30.5 Å². The minimum absolute atomic E-state index is 0.402. The standard InChI is InChI=1S/C21H28FNO3/c1-3-4-5-6-7-8-9-10-15-11-12-16(19(13-15)26-2)18-14-17(22)20(23-18)21(24)25/h11-14,23H,3-10H2,1-2H3,(H,24,25). The van der Waals surface area contributed by atoms with E-state index in [4.69, 9.17) is 9.84 Å². The number of halogens is 1. The van der Waals surface area contributed by atoms with Gasteiger partial charge in [-0.3, -0.25) is 0 Å². The summed E-state index contributed by atoms with van der Waals surface area (Å²) in [6, 6.07) is 6.99. The molecule has 2 rings (SSSR count). The number of hydrogen-bond donors (Lipinski definition) is 2. The van der Waals surface area contributed by atoms with E-state index in [9.17, 15) is 9.18 Å². The molecule has 1 heterocycles. The highest BCUT2D eigenvalue weighted by atomic mass is 19.1. The number of carboxylic acids is 1. The van der Waals surface area contributed by atoms with Crippen molar-refractivity contribution in [2.24, 2.45) is 0 Å². The summed E-state index contributed by atoms with van der Waals surface area (Å²) in [6.07, 6.45) is 9.82. The van der Waals surface area contributed by atoms with Gasteiger partial charge in [-0.15, -0.1) is 0 Å². The molecule has 0 aliphatic carbocycles. The van der Waals surface area contributed by atoms with Gasteiger partial charge in [0.1, 0.15) is 5.75 Å². The average molecular weight is 361 g/mol. The second-order valence-corrected chi connectivity index (χ2v) is 6.62. The summed E-state index contributed by atoms with van der Waals surface area (Å²) in [6.45, 7) is 2.22. The first-order valence-electron chi connectivity index (χ1n) is 9.36. The third-order valence-electron chi connectivity index (χ3n) is 4.61. The van der Waals surface area contributed by atoms with Crippen LogP contribution < -0.4 is 4.74 Å². The fourth-order valence-corrected chi connectivity index (χ4v) is 3.13. The number of ether oxygens (including phenoxy) is 1. The van der Waals surface area contributed by atoms with Crippen molar-refractivity contribution in [3.63, 3.8) is 0 Å². The van der Waals surface area contributed by atoms with Gasteiger partial charge >= 0.3 is 5.97 Å². The fraction of sp³-hybridized carbons (Fsp3) is 0.476. The Kier molecular flexibility index (Phi) is 7.70. The maximum Gasteiger partial charge on any atom is 0.355 e. The van der Waals surface area contributed by atoms with Gasteiger partial charge in [0.2, 0.25) is 0 Å². The molecular formula is C21H28FNO3. The molecule has 142 valence electrons. The molecule has 0 bridgehead atoms. The van der Waals surface area contributed by atoms with Crippen LogP contribution in [0.4, 0.5) is 4.39 Å². The lowest BCUT2D eigenvalue weighted by Gasteiger charge is -2.10. The minimum atomic E-state index is -1.32. The van der Waals surface area contributed by atoms with E-state index in [1.807, 2.05) is 18.2 Å². The first kappa shape index (κ1) is 20.0. The molecule has 26 heavy (non-hydrogen) atoms. The monoisotopic (exact) mass is 361 g/mol. The summed E-state index contributed by atoms with van der Waals surface area (Å²) < 4.78 is 19.2. The number of hydrogen-bond acceptors (Lipinski definition) is 2. The third-order valence-corrected chi connectivity index (χ3v) is 4.61. The SMILES string of the molecule is CCCCCCCCCc1ccc(-c2cc(F)c(C(=O)O)[nH]2)c(OC)c1. The molecule has 2 N–H and O–H groups in total. The summed E-state index contributed by atoms with van der Waals surface area (Å²) in [5.74, 6) is -1.48. The molecule has 1 aromatic carbocycles. The van der Waals surface area contributed by atoms with Crippen molar-refractivity contribution in [2.45, 2.75) is 58.3 Å². The Bertz CT molecular complexity index is 724. The van der Waals surface area contributed by atoms with E-state index < -0.39 is 17.5 Å². The summed E-state index contributed by atoms with van der Waals surface area (Å²) in [7, 11) is 1.56. The Morgan fingerprint density at radius 2 is 1.81 bits per heavy atom. The Morgan fingerprint density at radius 3 is 2.42 bits per heavy atom. The van der Waals surface area contributed by atoms with Gasteiger partial charge in [0, 0.05) is 11.6 Å². The van der Waals surface area contributed by atoms with Gasteiger partial charge in [0.05, 0.1) is 12.8 Å². The van der Waals surface area contributed by atoms with Crippen LogP contribution in [0.5, 0.6) is 5.75 Å². The van der Waals surface area contributed by atoms with Gasteiger partial charge in [-0.1, -0.05) is 51.5 Å². The lowest BCUT2D eigenvalue weighted by molar-refractivity contribution is 0.0686. The first-order chi connectivity index (χ1) is 12.6. The van der Waals surface area contributed by atoms with Crippen LogP contribution in [-0.2, 0) is 6.42 Å². The molecule has 0 saturated carbocycles. The van der Waals surface area contributed by atoms with Crippen molar-refractivity contribution in [3.8, 4) is 17.0 Å². The van der Waals surface area contributed by atoms with E-state index in [1.165, 1.54) is 50.2 Å². The highest BCUT2D eigenvalue weighted by Crippen LogP contribution is 2.32. The molecule has 0 unspecified atom stereocenters. The number of unbranched alkanes of at least 4 members (excludes halogenated alkanes) is 6. The van der Waals surface area contributed by atoms with E-state index >= 15 is 0 Å². The molecule has 0 atom stereocenters. The van der Waals surface area contributed by atoms with Crippen molar-refractivity contribution in [2.75, 3.05) is 7.11 Å². The predicted octanol–water partition coefficient (Wildman–Crippen LogP) is 5.82. The fourth-order valence-electron chi connectivity index (χ4n) is 3.13. The molecule has 0 aliphatic heterocycles. The first-order valence-corrected chi connectivity index (χ1v) is 9.36. The largest absolute Gasteiger partial charge is 0.496 e. The van der Waals surface area contributed by atoms with Crippen LogP contribution >= 0.6 is 0 Å². The highest BCUT2D eigenvalue weighted by Gasteiger charge is 2.17. The second-order valence-electron chi connectivity index (χ2n) is 6.62.